The van der Waals surface area contributed by atoms with Crippen molar-refractivity contribution in [1.29, 1.82) is 0 Å². The van der Waals surface area contributed by atoms with E-state index in [0.29, 0.717) is 12.2 Å². The minimum absolute atomic E-state index is 0.0274. The smallest absolute Gasteiger partial charge is 0.273 e. The van der Waals surface area contributed by atoms with E-state index in [4.69, 9.17) is 0 Å². The molecule has 5 heteroatoms. The first kappa shape index (κ1) is 15.5. The fourth-order valence-corrected chi connectivity index (χ4v) is 3.39. The highest BCUT2D eigenvalue weighted by molar-refractivity contribution is 7.14. The highest BCUT2D eigenvalue weighted by Crippen LogP contribution is 2.24. The Morgan fingerprint density at radius 2 is 1.87 bits per heavy atom. The van der Waals surface area contributed by atoms with Crippen LogP contribution in [-0.4, -0.2) is 27.4 Å². The van der Waals surface area contributed by atoms with Crippen molar-refractivity contribution in [2.75, 3.05) is 7.05 Å². The van der Waals surface area contributed by atoms with Crippen LogP contribution in [0.25, 0.3) is 5.13 Å². The van der Waals surface area contributed by atoms with Crippen LogP contribution in [0.3, 0.4) is 0 Å². The molecule has 0 saturated carbocycles. The zero-order valence-electron chi connectivity index (χ0n) is 13.3. The molecule has 1 amide bonds. The molecule has 0 fully saturated rings. The maximum atomic E-state index is 12.8. The first-order chi connectivity index (χ1) is 11.2. The van der Waals surface area contributed by atoms with Crippen LogP contribution in [0.4, 0.5) is 0 Å². The standard InChI is InChI=1S/C18H19N3OS/c1-3-15-16(19-18(23-15)21-11-7-8-12-21)17(22)20(2)13-14-9-5-4-6-10-14/h4-12H,3,13H2,1-2H3. The number of aromatic nitrogens is 2. The normalized spacial score (nSPS) is 10.7. The zero-order chi connectivity index (χ0) is 16.2. The molecule has 3 aromatic rings. The molecular weight excluding hydrogens is 306 g/mol. The molecule has 0 spiro atoms. The maximum Gasteiger partial charge on any atom is 0.273 e. The van der Waals surface area contributed by atoms with Crippen LogP contribution in [0.2, 0.25) is 0 Å². The summed E-state index contributed by atoms with van der Waals surface area (Å²) in [5.74, 6) is -0.0274. The quantitative estimate of drug-likeness (QED) is 0.716. The van der Waals surface area contributed by atoms with Gasteiger partial charge in [0.05, 0.1) is 0 Å². The maximum absolute atomic E-state index is 12.8. The summed E-state index contributed by atoms with van der Waals surface area (Å²) in [6, 6.07) is 13.9. The predicted octanol–water partition coefficient (Wildman–Crippen LogP) is 3.77. The molecule has 0 N–H and O–H groups in total. The molecule has 3 rings (SSSR count). The number of carbonyl (C=O) groups excluding carboxylic acids is 1. The van der Waals surface area contributed by atoms with Gasteiger partial charge in [-0.2, -0.15) is 0 Å². The minimum Gasteiger partial charge on any atom is -0.336 e. The molecule has 0 unspecified atom stereocenters. The van der Waals surface area contributed by atoms with Gasteiger partial charge in [-0.3, -0.25) is 4.79 Å². The van der Waals surface area contributed by atoms with Gasteiger partial charge in [-0.05, 0) is 24.1 Å². The van der Waals surface area contributed by atoms with Gasteiger partial charge in [0.25, 0.3) is 5.91 Å². The van der Waals surface area contributed by atoms with Gasteiger partial charge < -0.3 is 9.47 Å². The molecule has 2 heterocycles. The van der Waals surface area contributed by atoms with Crippen molar-refractivity contribution >= 4 is 17.2 Å². The molecule has 0 aliphatic carbocycles. The van der Waals surface area contributed by atoms with Crippen LogP contribution < -0.4 is 0 Å². The molecule has 0 bridgehead atoms. The van der Waals surface area contributed by atoms with E-state index in [1.54, 1.807) is 16.2 Å². The van der Waals surface area contributed by atoms with E-state index >= 15 is 0 Å². The first-order valence-corrected chi connectivity index (χ1v) is 8.43. The van der Waals surface area contributed by atoms with Crippen LogP contribution in [0, 0.1) is 0 Å². The van der Waals surface area contributed by atoms with E-state index in [0.717, 1.165) is 22.0 Å². The van der Waals surface area contributed by atoms with E-state index in [9.17, 15) is 4.79 Å². The van der Waals surface area contributed by atoms with E-state index in [-0.39, 0.29) is 5.91 Å². The summed E-state index contributed by atoms with van der Waals surface area (Å²) < 4.78 is 1.94. The van der Waals surface area contributed by atoms with Crippen molar-refractivity contribution in [3.63, 3.8) is 0 Å². The Kier molecular flexibility index (Phi) is 4.57. The third kappa shape index (κ3) is 3.35. The van der Waals surface area contributed by atoms with E-state index in [1.807, 2.05) is 66.5 Å². The molecule has 2 aromatic heterocycles. The Morgan fingerprint density at radius 3 is 2.52 bits per heavy atom. The van der Waals surface area contributed by atoms with E-state index < -0.39 is 0 Å². The van der Waals surface area contributed by atoms with Gasteiger partial charge in [-0.1, -0.05) is 37.3 Å². The number of rotatable bonds is 5. The molecule has 0 saturated heterocycles. The third-order valence-electron chi connectivity index (χ3n) is 3.64. The monoisotopic (exact) mass is 325 g/mol. The summed E-state index contributed by atoms with van der Waals surface area (Å²) in [4.78, 5) is 20.1. The SMILES string of the molecule is CCc1sc(-n2cccc2)nc1C(=O)N(C)Cc1ccccc1. The highest BCUT2D eigenvalue weighted by atomic mass is 32.1. The van der Waals surface area contributed by atoms with Crippen LogP contribution in [0.1, 0.15) is 27.9 Å². The highest BCUT2D eigenvalue weighted by Gasteiger charge is 2.21. The Bertz CT molecular complexity index is 778. The van der Waals surface area contributed by atoms with Crippen molar-refractivity contribution in [3.8, 4) is 5.13 Å². The lowest BCUT2D eigenvalue weighted by Crippen LogP contribution is -2.27. The summed E-state index contributed by atoms with van der Waals surface area (Å²) in [5, 5.41) is 0.836. The van der Waals surface area contributed by atoms with Crippen LogP contribution >= 0.6 is 11.3 Å². The van der Waals surface area contributed by atoms with Crippen LogP contribution in [0.15, 0.2) is 54.9 Å². The molecular formula is C18H19N3OS. The van der Waals surface area contributed by atoms with Gasteiger partial charge in [0.15, 0.2) is 5.13 Å². The van der Waals surface area contributed by atoms with Crippen molar-refractivity contribution in [1.82, 2.24) is 14.5 Å². The summed E-state index contributed by atoms with van der Waals surface area (Å²) >= 11 is 1.57. The second kappa shape index (κ2) is 6.79. The number of carbonyl (C=O) groups is 1. The Hall–Kier alpha value is -2.40. The summed E-state index contributed by atoms with van der Waals surface area (Å²) in [6.07, 6.45) is 4.69. The molecule has 0 aliphatic heterocycles. The molecule has 1 aromatic carbocycles. The molecule has 0 radical (unpaired) electrons. The van der Waals surface area contributed by atoms with E-state index in [1.165, 1.54) is 0 Å². The van der Waals surface area contributed by atoms with Gasteiger partial charge >= 0.3 is 0 Å². The van der Waals surface area contributed by atoms with Crippen molar-refractivity contribution in [2.45, 2.75) is 19.9 Å². The number of hydrogen-bond acceptors (Lipinski definition) is 3. The molecule has 0 aliphatic rings. The van der Waals surface area contributed by atoms with Gasteiger partial charge in [-0.25, -0.2) is 4.98 Å². The first-order valence-electron chi connectivity index (χ1n) is 7.61. The Balaban J connectivity index is 1.84. The summed E-state index contributed by atoms with van der Waals surface area (Å²) in [6.45, 7) is 2.64. The lowest BCUT2D eigenvalue weighted by atomic mass is 10.2. The number of amides is 1. The number of benzene rings is 1. The predicted molar refractivity (Wildman–Crippen MR) is 93.1 cm³/mol. The molecule has 118 valence electrons. The lowest BCUT2D eigenvalue weighted by molar-refractivity contribution is 0.0779. The van der Waals surface area contributed by atoms with Crippen LogP contribution in [-0.2, 0) is 13.0 Å². The number of aryl methyl sites for hydroxylation is 1. The third-order valence-corrected chi connectivity index (χ3v) is 4.86. The van der Waals surface area contributed by atoms with Crippen molar-refractivity contribution < 1.29 is 4.79 Å². The van der Waals surface area contributed by atoms with Crippen LogP contribution in [0.5, 0.6) is 0 Å². The number of hydrogen-bond donors (Lipinski definition) is 0. The second-order valence-electron chi connectivity index (χ2n) is 5.36. The molecule has 4 nitrogen and oxygen atoms in total. The summed E-state index contributed by atoms with van der Waals surface area (Å²) in [5.41, 5.74) is 1.68. The zero-order valence-corrected chi connectivity index (χ0v) is 14.1. The average Bonchev–Trinajstić information content (AvgIpc) is 3.24. The Morgan fingerprint density at radius 1 is 1.17 bits per heavy atom. The fourth-order valence-electron chi connectivity index (χ4n) is 2.43. The molecule has 23 heavy (non-hydrogen) atoms. The van der Waals surface area contributed by atoms with Gasteiger partial charge in [-0.15, -0.1) is 11.3 Å². The lowest BCUT2D eigenvalue weighted by Gasteiger charge is -2.16. The number of nitrogens with zero attached hydrogens (tertiary/aromatic N) is 3. The minimum atomic E-state index is -0.0274. The number of thiazole rings is 1. The van der Waals surface area contributed by atoms with Gasteiger partial charge in [0.2, 0.25) is 0 Å². The second-order valence-corrected chi connectivity index (χ2v) is 6.42. The topological polar surface area (TPSA) is 38.1 Å². The molecule has 0 atom stereocenters. The average molecular weight is 325 g/mol. The largest absolute Gasteiger partial charge is 0.336 e. The van der Waals surface area contributed by atoms with E-state index in [2.05, 4.69) is 11.9 Å². The van der Waals surface area contributed by atoms with Gasteiger partial charge in [0, 0.05) is 30.9 Å². The fraction of sp³-hybridized carbons (Fsp3) is 0.222. The summed E-state index contributed by atoms with van der Waals surface area (Å²) in [7, 11) is 1.82. The van der Waals surface area contributed by atoms with Crippen molar-refractivity contribution in [2.24, 2.45) is 0 Å². The van der Waals surface area contributed by atoms with Gasteiger partial charge in [0.1, 0.15) is 5.69 Å². The van der Waals surface area contributed by atoms with Crippen molar-refractivity contribution in [3.05, 3.63) is 71.0 Å². The Labute approximate surface area is 140 Å².